The molecule has 0 unspecified atom stereocenters. The molecule has 1 fully saturated rings. The molecule has 2 rings (SSSR count). The second kappa shape index (κ2) is 5.43. The van der Waals surface area contributed by atoms with E-state index in [9.17, 15) is 9.59 Å². The first-order valence-corrected chi connectivity index (χ1v) is 6.56. The summed E-state index contributed by atoms with van der Waals surface area (Å²) < 4.78 is 4.87. The van der Waals surface area contributed by atoms with Gasteiger partial charge in [-0.15, -0.1) is 0 Å². The van der Waals surface area contributed by atoms with Crippen LogP contribution in [0.2, 0.25) is 0 Å². The smallest absolute Gasteiger partial charge is 0.321 e. The third-order valence-corrected chi connectivity index (χ3v) is 4.10. The van der Waals surface area contributed by atoms with Crippen molar-refractivity contribution in [3.63, 3.8) is 0 Å². The maximum atomic E-state index is 12.2. The lowest BCUT2D eigenvalue weighted by molar-refractivity contribution is -0.161. The van der Waals surface area contributed by atoms with Gasteiger partial charge in [-0.2, -0.15) is 0 Å². The van der Waals surface area contributed by atoms with E-state index in [1.165, 1.54) is 7.11 Å². The lowest BCUT2D eigenvalue weighted by atomic mass is 9.63. The van der Waals surface area contributed by atoms with Gasteiger partial charge in [-0.25, -0.2) is 0 Å². The quantitative estimate of drug-likeness (QED) is 0.668. The molecule has 102 valence electrons. The second-order valence-corrected chi connectivity index (χ2v) is 5.04. The van der Waals surface area contributed by atoms with Crippen LogP contribution >= 0.6 is 0 Å². The van der Waals surface area contributed by atoms with Crippen molar-refractivity contribution in [1.82, 2.24) is 0 Å². The Morgan fingerprint density at radius 3 is 2.53 bits per heavy atom. The molecule has 4 nitrogen and oxygen atoms in total. The summed E-state index contributed by atoms with van der Waals surface area (Å²) in [5.74, 6) is -1.27. The number of nitrogens with two attached hydrogens (primary N) is 1. The number of esters is 1. The minimum atomic E-state index is -1.21. The molecule has 0 radical (unpaired) electrons. The molecule has 1 aromatic rings. The van der Waals surface area contributed by atoms with Gasteiger partial charge in [0.1, 0.15) is 0 Å². The SMILES string of the molecule is COC(=O)[C@]1(C(N)=O)CCCC[C@H]1c1ccccc1. The average Bonchev–Trinajstić information content (AvgIpc) is 2.47. The first kappa shape index (κ1) is 13.6. The van der Waals surface area contributed by atoms with Crippen molar-refractivity contribution >= 4 is 11.9 Å². The van der Waals surface area contributed by atoms with Crippen molar-refractivity contribution in [2.45, 2.75) is 31.6 Å². The van der Waals surface area contributed by atoms with Crippen LogP contribution < -0.4 is 5.73 Å². The Kier molecular flexibility index (Phi) is 3.88. The standard InChI is InChI=1S/C15H19NO3/c1-19-14(18)15(13(16)17)10-6-5-9-12(15)11-7-3-2-4-8-11/h2-4,7-8,12H,5-6,9-10H2,1H3,(H2,16,17)/t12-,15+/m0/s1. The Hall–Kier alpha value is -1.84. The van der Waals surface area contributed by atoms with Crippen molar-refractivity contribution in [2.75, 3.05) is 7.11 Å². The Balaban J connectivity index is 2.48. The third kappa shape index (κ3) is 2.23. The molecule has 0 spiro atoms. The summed E-state index contributed by atoms with van der Waals surface area (Å²) in [5, 5.41) is 0. The van der Waals surface area contributed by atoms with Crippen LogP contribution in [0.5, 0.6) is 0 Å². The zero-order valence-corrected chi connectivity index (χ0v) is 11.1. The molecule has 1 aliphatic carbocycles. The fraction of sp³-hybridized carbons (Fsp3) is 0.467. The van der Waals surface area contributed by atoms with Crippen molar-refractivity contribution in [1.29, 1.82) is 0 Å². The van der Waals surface area contributed by atoms with E-state index in [0.717, 1.165) is 24.8 Å². The molecule has 0 heterocycles. The summed E-state index contributed by atoms with van der Waals surface area (Å²) >= 11 is 0. The van der Waals surface area contributed by atoms with Gasteiger partial charge in [-0.05, 0) is 18.4 Å². The molecular formula is C15H19NO3. The van der Waals surface area contributed by atoms with Gasteiger partial charge in [-0.1, -0.05) is 43.2 Å². The normalized spacial score (nSPS) is 26.7. The Labute approximate surface area is 112 Å². The number of benzene rings is 1. The highest BCUT2D eigenvalue weighted by Crippen LogP contribution is 2.48. The molecule has 1 aliphatic rings. The maximum Gasteiger partial charge on any atom is 0.321 e. The molecule has 0 aromatic heterocycles. The van der Waals surface area contributed by atoms with Crippen LogP contribution in [0.3, 0.4) is 0 Å². The summed E-state index contributed by atoms with van der Waals surface area (Å²) in [4.78, 5) is 24.2. The molecule has 0 saturated heterocycles. The number of hydrogen-bond acceptors (Lipinski definition) is 3. The van der Waals surface area contributed by atoms with E-state index in [4.69, 9.17) is 10.5 Å². The van der Waals surface area contributed by atoms with Gasteiger partial charge in [0.05, 0.1) is 7.11 Å². The first-order chi connectivity index (χ1) is 9.13. The van der Waals surface area contributed by atoms with Crippen LogP contribution in [0.4, 0.5) is 0 Å². The summed E-state index contributed by atoms with van der Waals surface area (Å²) in [7, 11) is 1.31. The van der Waals surface area contributed by atoms with Gasteiger partial charge < -0.3 is 10.5 Å². The second-order valence-electron chi connectivity index (χ2n) is 5.04. The minimum absolute atomic E-state index is 0.188. The zero-order chi connectivity index (χ0) is 13.9. The number of amides is 1. The molecule has 1 aromatic carbocycles. The van der Waals surface area contributed by atoms with Gasteiger partial charge in [-0.3, -0.25) is 9.59 Å². The third-order valence-electron chi connectivity index (χ3n) is 4.10. The predicted molar refractivity (Wildman–Crippen MR) is 71.3 cm³/mol. The fourth-order valence-corrected chi connectivity index (χ4v) is 3.13. The van der Waals surface area contributed by atoms with Crippen molar-refractivity contribution in [3.8, 4) is 0 Å². The summed E-state index contributed by atoms with van der Waals surface area (Å²) in [6, 6.07) is 9.61. The number of methoxy groups -OCH3 is 1. The van der Waals surface area contributed by atoms with Gasteiger partial charge >= 0.3 is 5.97 Å². The van der Waals surface area contributed by atoms with Gasteiger partial charge in [0.2, 0.25) is 5.91 Å². The fourth-order valence-electron chi connectivity index (χ4n) is 3.13. The van der Waals surface area contributed by atoms with Crippen LogP contribution in [0.15, 0.2) is 30.3 Å². The average molecular weight is 261 g/mol. The van der Waals surface area contributed by atoms with Crippen molar-refractivity contribution in [2.24, 2.45) is 11.1 Å². The minimum Gasteiger partial charge on any atom is -0.468 e. The molecule has 0 aliphatic heterocycles. The van der Waals surface area contributed by atoms with Crippen molar-refractivity contribution in [3.05, 3.63) is 35.9 Å². The number of rotatable bonds is 3. The number of carbonyl (C=O) groups is 2. The molecule has 4 heteroatoms. The van der Waals surface area contributed by atoms with Gasteiger partial charge in [0.25, 0.3) is 0 Å². The maximum absolute atomic E-state index is 12.2. The lowest BCUT2D eigenvalue weighted by Crippen LogP contribution is -2.50. The number of primary amides is 1. The van der Waals surface area contributed by atoms with E-state index < -0.39 is 17.3 Å². The number of ether oxygens (including phenoxy) is 1. The number of carbonyl (C=O) groups excluding carboxylic acids is 2. The van der Waals surface area contributed by atoms with E-state index in [-0.39, 0.29) is 5.92 Å². The highest BCUT2D eigenvalue weighted by molar-refractivity contribution is 6.03. The molecule has 1 amide bonds. The Morgan fingerprint density at radius 2 is 1.95 bits per heavy atom. The Morgan fingerprint density at radius 1 is 1.26 bits per heavy atom. The van der Waals surface area contributed by atoms with E-state index >= 15 is 0 Å². The van der Waals surface area contributed by atoms with E-state index in [0.29, 0.717) is 6.42 Å². The van der Waals surface area contributed by atoms with Gasteiger partial charge in [0.15, 0.2) is 5.41 Å². The summed E-state index contributed by atoms with van der Waals surface area (Å²) in [5.41, 5.74) is 5.33. The largest absolute Gasteiger partial charge is 0.468 e. The Bertz CT molecular complexity index is 472. The topological polar surface area (TPSA) is 69.4 Å². The summed E-state index contributed by atoms with van der Waals surface area (Å²) in [6.07, 6.45) is 3.06. The molecule has 2 N–H and O–H groups in total. The molecular weight excluding hydrogens is 242 g/mol. The predicted octanol–water partition coefficient (Wildman–Crippen LogP) is 1.99. The number of hydrogen-bond donors (Lipinski definition) is 1. The van der Waals surface area contributed by atoms with E-state index in [1.54, 1.807) is 0 Å². The monoisotopic (exact) mass is 261 g/mol. The highest BCUT2D eigenvalue weighted by atomic mass is 16.5. The molecule has 2 atom stereocenters. The van der Waals surface area contributed by atoms with E-state index in [1.807, 2.05) is 30.3 Å². The first-order valence-electron chi connectivity index (χ1n) is 6.56. The summed E-state index contributed by atoms with van der Waals surface area (Å²) in [6.45, 7) is 0. The molecule has 19 heavy (non-hydrogen) atoms. The van der Waals surface area contributed by atoms with Gasteiger partial charge in [0, 0.05) is 5.92 Å². The van der Waals surface area contributed by atoms with Crippen LogP contribution in [0, 0.1) is 5.41 Å². The molecule has 0 bridgehead atoms. The lowest BCUT2D eigenvalue weighted by Gasteiger charge is -2.39. The van der Waals surface area contributed by atoms with E-state index in [2.05, 4.69) is 0 Å². The molecule has 1 saturated carbocycles. The van der Waals surface area contributed by atoms with Crippen LogP contribution in [-0.2, 0) is 14.3 Å². The van der Waals surface area contributed by atoms with Crippen LogP contribution in [0.1, 0.15) is 37.2 Å². The van der Waals surface area contributed by atoms with Crippen LogP contribution in [-0.4, -0.2) is 19.0 Å². The van der Waals surface area contributed by atoms with Crippen LogP contribution in [0.25, 0.3) is 0 Å². The van der Waals surface area contributed by atoms with Crippen molar-refractivity contribution < 1.29 is 14.3 Å². The highest BCUT2D eigenvalue weighted by Gasteiger charge is 2.53. The zero-order valence-electron chi connectivity index (χ0n) is 11.1.